The summed E-state index contributed by atoms with van der Waals surface area (Å²) in [5.41, 5.74) is -0.697. The highest BCUT2D eigenvalue weighted by Gasteiger charge is 2.34. The van der Waals surface area contributed by atoms with Crippen molar-refractivity contribution in [2.75, 3.05) is 30.0 Å². The molecule has 1 heterocycles. The fourth-order valence-electron chi connectivity index (χ4n) is 3.65. The van der Waals surface area contributed by atoms with E-state index < -0.39 is 42.2 Å². The van der Waals surface area contributed by atoms with Crippen LogP contribution < -0.4 is 19.3 Å². The van der Waals surface area contributed by atoms with Crippen LogP contribution in [0.2, 0.25) is 0 Å². The van der Waals surface area contributed by atoms with Crippen molar-refractivity contribution in [3.63, 3.8) is 0 Å². The average molecular weight is 527 g/mol. The maximum Gasteiger partial charge on any atom is 0.344 e. The van der Waals surface area contributed by atoms with Crippen LogP contribution in [0, 0.1) is 0 Å². The van der Waals surface area contributed by atoms with E-state index in [9.17, 15) is 19.2 Å². The van der Waals surface area contributed by atoms with Gasteiger partial charge in [-0.1, -0.05) is 6.07 Å². The third-order valence-electron chi connectivity index (χ3n) is 5.23. The van der Waals surface area contributed by atoms with E-state index in [0.29, 0.717) is 5.69 Å². The Kier molecular flexibility index (Phi) is 8.04. The molecule has 1 aliphatic rings. The lowest BCUT2D eigenvalue weighted by molar-refractivity contribution is -0.157. The molecule has 1 aliphatic heterocycles. The van der Waals surface area contributed by atoms with Gasteiger partial charge in [0.05, 0.1) is 5.69 Å². The second-order valence-corrected chi connectivity index (χ2v) is 10.8. The molecule has 38 heavy (non-hydrogen) atoms. The van der Waals surface area contributed by atoms with Crippen LogP contribution in [0.15, 0.2) is 36.4 Å². The zero-order valence-corrected chi connectivity index (χ0v) is 23.0. The first-order valence-corrected chi connectivity index (χ1v) is 12.1. The Morgan fingerprint density at radius 2 is 1.55 bits per heavy atom. The lowest BCUT2D eigenvalue weighted by atomic mass is 10.1. The minimum Gasteiger partial charge on any atom is -0.481 e. The molecule has 2 aromatic rings. The molecule has 2 aromatic carbocycles. The van der Waals surface area contributed by atoms with Crippen molar-refractivity contribution in [2.24, 2.45) is 0 Å². The summed E-state index contributed by atoms with van der Waals surface area (Å²) in [5.74, 6) is -1.53. The molecule has 0 atom stereocenters. The first kappa shape index (κ1) is 28.5. The molecule has 3 rings (SSSR count). The van der Waals surface area contributed by atoms with Gasteiger partial charge in [-0.15, -0.1) is 0 Å². The second kappa shape index (κ2) is 10.7. The smallest absolute Gasteiger partial charge is 0.344 e. The Morgan fingerprint density at radius 1 is 0.921 bits per heavy atom. The van der Waals surface area contributed by atoms with Crippen LogP contribution in [-0.4, -0.2) is 55.2 Å². The number of esters is 2. The summed E-state index contributed by atoms with van der Waals surface area (Å²) < 4.78 is 22.6. The van der Waals surface area contributed by atoms with Crippen molar-refractivity contribution < 1.29 is 38.1 Å². The zero-order valence-electron chi connectivity index (χ0n) is 23.0. The Balaban J connectivity index is 2.06. The first-order valence-electron chi connectivity index (χ1n) is 12.1. The third kappa shape index (κ3) is 7.02. The van der Waals surface area contributed by atoms with Crippen molar-refractivity contribution in [2.45, 2.75) is 59.7 Å². The highest BCUT2D eigenvalue weighted by molar-refractivity contribution is 6.13. The Bertz CT molecular complexity index is 1260. The predicted molar refractivity (Wildman–Crippen MR) is 141 cm³/mol. The van der Waals surface area contributed by atoms with Crippen LogP contribution >= 0.6 is 0 Å². The minimum atomic E-state index is -0.776. The van der Waals surface area contributed by atoms with Crippen molar-refractivity contribution >= 4 is 35.1 Å². The number of carbonyl (C=O) groups is 4. The summed E-state index contributed by atoms with van der Waals surface area (Å²) in [4.78, 5) is 53.7. The quantitative estimate of drug-likeness (QED) is 0.507. The maximum absolute atomic E-state index is 14.0. The molecule has 0 saturated carbocycles. The number of nitrogens with zero attached hydrogens (tertiary/aromatic N) is 2. The highest BCUT2D eigenvalue weighted by Crippen LogP contribution is 2.43. The van der Waals surface area contributed by atoms with Gasteiger partial charge in [0.2, 0.25) is 5.91 Å². The molecule has 0 saturated heterocycles. The standard InChI is InChI=1S/C28H34N2O8/c1-17(31)29(8)18-12-13-20-19(14-18)30(15-23(32)37-27(2,3)4)26(34)25-21(10-9-11-22(25)36-20)35-16-24(33)38-28(5,6)7/h9-14H,15-16H2,1-8H3. The molecule has 0 fully saturated rings. The minimum absolute atomic E-state index is 0.0253. The van der Waals surface area contributed by atoms with Crippen molar-refractivity contribution in [3.8, 4) is 17.2 Å². The summed E-state index contributed by atoms with van der Waals surface area (Å²) in [6.45, 7) is 10.9. The number of benzene rings is 2. The molecular weight excluding hydrogens is 492 g/mol. The van der Waals surface area contributed by atoms with E-state index in [1.54, 1.807) is 78.9 Å². The van der Waals surface area contributed by atoms with E-state index in [4.69, 9.17) is 18.9 Å². The van der Waals surface area contributed by atoms with Crippen LogP contribution in [0.3, 0.4) is 0 Å². The van der Waals surface area contributed by atoms with Gasteiger partial charge in [-0.3, -0.25) is 19.3 Å². The number of hydrogen-bond acceptors (Lipinski definition) is 8. The van der Waals surface area contributed by atoms with Gasteiger partial charge < -0.3 is 23.8 Å². The van der Waals surface area contributed by atoms with E-state index in [2.05, 4.69) is 0 Å². The zero-order chi connectivity index (χ0) is 28.4. The predicted octanol–water partition coefficient (Wildman–Crippen LogP) is 4.48. The Labute approximate surface area is 222 Å². The summed E-state index contributed by atoms with van der Waals surface area (Å²) in [6.07, 6.45) is 0. The molecule has 0 aliphatic carbocycles. The molecular formula is C28H34N2O8. The number of hydrogen-bond donors (Lipinski definition) is 0. The summed E-state index contributed by atoms with van der Waals surface area (Å²) >= 11 is 0. The number of rotatable bonds is 6. The number of ether oxygens (including phenoxy) is 4. The van der Waals surface area contributed by atoms with Crippen LogP contribution in [0.5, 0.6) is 17.2 Å². The Hall–Kier alpha value is -4.08. The third-order valence-corrected chi connectivity index (χ3v) is 5.23. The van der Waals surface area contributed by atoms with Gasteiger partial charge in [-0.05, 0) is 71.9 Å². The van der Waals surface area contributed by atoms with Gasteiger partial charge in [0, 0.05) is 19.7 Å². The van der Waals surface area contributed by atoms with E-state index in [1.165, 1.54) is 22.8 Å². The number of anilines is 2. The molecule has 0 aromatic heterocycles. The largest absolute Gasteiger partial charge is 0.481 e. The monoisotopic (exact) mass is 526 g/mol. The van der Waals surface area contributed by atoms with Gasteiger partial charge in [-0.2, -0.15) is 0 Å². The lowest BCUT2D eigenvalue weighted by Gasteiger charge is -2.26. The van der Waals surface area contributed by atoms with E-state index >= 15 is 0 Å². The number of fused-ring (bicyclic) bond motifs is 2. The molecule has 10 nitrogen and oxygen atoms in total. The van der Waals surface area contributed by atoms with E-state index in [-0.39, 0.29) is 34.4 Å². The second-order valence-electron chi connectivity index (χ2n) is 10.8. The molecule has 2 amide bonds. The van der Waals surface area contributed by atoms with Crippen molar-refractivity contribution in [3.05, 3.63) is 42.0 Å². The topological polar surface area (TPSA) is 112 Å². The van der Waals surface area contributed by atoms with Crippen LogP contribution in [0.25, 0.3) is 0 Å². The van der Waals surface area contributed by atoms with Crippen molar-refractivity contribution in [1.82, 2.24) is 0 Å². The molecule has 0 N–H and O–H groups in total. The normalized spacial score (nSPS) is 12.9. The van der Waals surface area contributed by atoms with Crippen LogP contribution in [0.1, 0.15) is 58.8 Å². The van der Waals surface area contributed by atoms with Crippen LogP contribution in [-0.2, 0) is 23.9 Å². The van der Waals surface area contributed by atoms with E-state index in [1.807, 2.05) is 0 Å². The van der Waals surface area contributed by atoms with Crippen molar-refractivity contribution in [1.29, 1.82) is 0 Å². The first-order chi connectivity index (χ1) is 17.6. The molecule has 0 unspecified atom stereocenters. The SMILES string of the molecule is CC(=O)N(C)c1ccc2c(c1)N(CC(=O)OC(C)(C)C)C(=O)c1c(OCC(=O)OC(C)(C)C)cccc1O2. The summed E-state index contributed by atoms with van der Waals surface area (Å²) in [7, 11) is 1.60. The van der Waals surface area contributed by atoms with E-state index in [0.717, 1.165) is 0 Å². The highest BCUT2D eigenvalue weighted by atomic mass is 16.6. The van der Waals surface area contributed by atoms with Gasteiger partial charge >= 0.3 is 11.9 Å². The molecule has 0 radical (unpaired) electrons. The molecule has 0 bridgehead atoms. The van der Waals surface area contributed by atoms with Gasteiger partial charge in [-0.25, -0.2) is 4.79 Å². The fourth-order valence-corrected chi connectivity index (χ4v) is 3.65. The maximum atomic E-state index is 14.0. The average Bonchev–Trinajstić information content (AvgIpc) is 2.89. The van der Waals surface area contributed by atoms with Crippen LogP contribution in [0.4, 0.5) is 11.4 Å². The fraction of sp³-hybridized carbons (Fsp3) is 0.429. The molecule has 0 spiro atoms. The number of carbonyl (C=O) groups excluding carboxylic acids is 4. The summed E-state index contributed by atoms with van der Waals surface area (Å²) in [6, 6.07) is 9.61. The van der Waals surface area contributed by atoms with Gasteiger partial charge in [0.15, 0.2) is 12.4 Å². The van der Waals surface area contributed by atoms with Gasteiger partial charge in [0.25, 0.3) is 5.91 Å². The summed E-state index contributed by atoms with van der Waals surface area (Å²) in [5, 5.41) is 0. The molecule has 10 heteroatoms. The Morgan fingerprint density at radius 3 is 2.16 bits per heavy atom. The number of amides is 2. The lowest BCUT2D eigenvalue weighted by Crippen LogP contribution is -2.39. The van der Waals surface area contributed by atoms with Gasteiger partial charge in [0.1, 0.15) is 34.8 Å². The molecule has 204 valence electrons.